The molecule has 2 rings (SSSR count). The molecule has 6 heteroatoms. The third-order valence-corrected chi connectivity index (χ3v) is 4.68. The molecule has 0 radical (unpaired) electrons. The number of hydrogen-bond donors (Lipinski definition) is 0. The highest BCUT2D eigenvalue weighted by molar-refractivity contribution is 6.23. The van der Waals surface area contributed by atoms with Gasteiger partial charge in [-0.25, -0.2) is 5.06 Å². The van der Waals surface area contributed by atoms with Crippen molar-refractivity contribution in [3.05, 3.63) is 40.1 Å². The first-order valence-electron chi connectivity index (χ1n) is 9.22. The van der Waals surface area contributed by atoms with E-state index in [4.69, 9.17) is 14.8 Å². The van der Waals surface area contributed by atoms with E-state index in [1.807, 2.05) is 39.0 Å². The first-order valence-corrected chi connectivity index (χ1v) is 9.22. The van der Waals surface area contributed by atoms with E-state index in [2.05, 4.69) is 0 Å². The zero-order valence-electron chi connectivity index (χ0n) is 17.9. The van der Waals surface area contributed by atoms with E-state index in [1.165, 1.54) is 0 Å². The summed E-state index contributed by atoms with van der Waals surface area (Å²) in [4.78, 5) is 31.4. The van der Waals surface area contributed by atoms with Gasteiger partial charge in [0, 0.05) is 0 Å². The van der Waals surface area contributed by atoms with Crippen molar-refractivity contribution in [1.29, 1.82) is 5.26 Å². The van der Waals surface area contributed by atoms with E-state index in [1.54, 1.807) is 34.6 Å². The molecule has 0 unspecified atom stereocenters. The molecule has 0 saturated heterocycles. The van der Waals surface area contributed by atoms with Gasteiger partial charge in [-0.2, -0.15) is 5.26 Å². The monoisotopic (exact) mass is 384 g/mol. The minimum Gasteiger partial charge on any atom is -0.427 e. The molecule has 28 heavy (non-hydrogen) atoms. The third-order valence-electron chi connectivity index (χ3n) is 4.68. The highest BCUT2D eigenvalue weighted by Crippen LogP contribution is 2.43. The van der Waals surface area contributed by atoms with Crippen molar-refractivity contribution in [2.75, 3.05) is 6.61 Å². The van der Waals surface area contributed by atoms with Gasteiger partial charge >= 0.3 is 5.97 Å². The number of benzene rings is 1. The Hall–Kier alpha value is -2.65. The fourth-order valence-corrected chi connectivity index (χ4v) is 3.38. The number of aryl methyl sites for hydroxylation is 3. The second-order valence-corrected chi connectivity index (χ2v) is 8.71. The molecule has 0 aromatic heterocycles. The number of ether oxygens (including phenoxy) is 1. The van der Waals surface area contributed by atoms with Gasteiger partial charge in [0.25, 0.3) is 5.91 Å². The average molecular weight is 384 g/mol. The Morgan fingerprint density at radius 2 is 1.71 bits per heavy atom. The quantitative estimate of drug-likeness (QED) is 0.734. The number of amides is 1. The summed E-state index contributed by atoms with van der Waals surface area (Å²) in [5.41, 5.74) is 2.13. The summed E-state index contributed by atoms with van der Waals surface area (Å²) in [6.07, 6.45) is 0. The lowest BCUT2D eigenvalue weighted by molar-refractivity contribution is -0.199. The van der Waals surface area contributed by atoms with Crippen LogP contribution in [0.5, 0.6) is 0 Å². The molecule has 1 heterocycles. The van der Waals surface area contributed by atoms with Crippen molar-refractivity contribution >= 4 is 17.4 Å². The van der Waals surface area contributed by atoms with Crippen molar-refractivity contribution in [3.8, 4) is 6.07 Å². The SMILES string of the molecule is Cc1cc(C)c(C2=C(OC(=O)C(C)(C)C)C(C)(C)N(OCC#N)C2=O)c(C)c1. The molecule has 0 atom stereocenters. The maximum Gasteiger partial charge on any atom is 0.316 e. The molecule has 1 aromatic rings. The molecule has 1 aliphatic rings. The zero-order valence-corrected chi connectivity index (χ0v) is 17.9. The highest BCUT2D eigenvalue weighted by Gasteiger charge is 2.50. The van der Waals surface area contributed by atoms with Crippen LogP contribution in [0.25, 0.3) is 5.57 Å². The van der Waals surface area contributed by atoms with E-state index >= 15 is 0 Å². The Morgan fingerprint density at radius 1 is 1.18 bits per heavy atom. The van der Waals surface area contributed by atoms with Gasteiger partial charge in [-0.05, 0) is 72.1 Å². The van der Waals surface area contributed by atoms with Crippen LogP contribution in [-0.4, -0.2) is 29.1 Å². The Kier molecular flexibility index (Phi) is 5.72. The van der Waals surface area contributed by atoms with Crippen LogP contribution in [0, 0.1) is 37.5 Å². The molecular formula is C22H28N2O4. The van der Waals surface area contributed by atoms with Crippen LogP contribution in [0.2, 0.25) is 0 Å². The number of carbonyl (C=O) groups is 2. The summed E-state index contributed by atoms with van der Waals surface area (Å²) in [6.45, 7) is 14.3. The standard InChI is InChI=1S/C22H28N2O4/c1-13-11-14(2)16(15(3)12-13)17-18(28-20(26)21(4,5)6)22(7,8)24(19(17)25)27-10-9-23/h11-12H,10H2,1-8H3. The third kappa shape index (κ3) is 3.81. The maximum absolute atomic E-state index is 13.3. The molecule has 0 bridgehead atoms. The molecule has 1 aliphatic heterocycles. The molecule has 1 amide bonds. The van der Waals surface area contributed by atoms with Crippen molar-refractivity contribution < 1.29 is 19.2 Å². The summed E-state index contributed by atoms with van der Waals surface area (Å²) >= 11 is 0. The van der Waals surface area contributed by atoms with Crippen LogP contribution in [-0.2, 0) is 19.2 Å². The number of hydrogen-bond acceptors (Lipinski definition) is 5. The Bertz CT molecular complexity index is 875. The normalized spacial score (nSPS) is 16.4. The summed E-state index contributed by atoms with van der Waals surface area (Å²) in [5.74, 6) is -0.622. The molecule has 0 spiro atoms. The minimum atomic E-state index is -1.05. The number of rotatable bonds is 4. The molecule has 0 fully saturated rings. The molecule has 1 aromatic carbocycles. The van der Waals surface area contributed by atoms with E-state index in [0.717, 1.165) is 27.3 Å². The van der Waals surface area contributed by atoms with Crippen LogP contribution < -0.4 is 0 Å². The molecule has 0 aliphatic carbocycles. The smallest absolute Gasteiger partial charge is 0.316 e. The van der Waals surface area contributed by atoms with E-state index in [-0.39, 0.29) is 12.4 Å². The van der Waals surface area contributed by atoms with Crippen molar-refractivity contribution in [3.63, 3.8) is 0 Å². The van der Waals surface area contributed by atoms with Crippen molar-refractivity contribution in [2.24, 2.45) is 5.41 Å². The highest BCUT2D eigenvalue weighted by atomic mass is 16.7. The van der Waals surface area contributed by atoms with Crippen LogP contribution in [0.4, 0.5) is 0 Å². The maximum atomic E-state index is 13.3. The predicted octanol–water partition coefficient (Wildman–Crippen LogP) is 3.99. The van der Waals surface area contributed by atoms with E-state index < -0.39 is 22.8 Å². The topological polar surface area (TPSA) is 79.6 Å². The van der Waals surface area contributed by atoms with Crippen molar-refractivity contribution in [2.45, 2.75) is 60.9 Å². The van der Waals surface area contributed by atoms with E-state index in [9.17, 15) is 9.59 Å². The van der Waals surface area contributed by atoms with Gasteiger partial charge in [-0.3, -0.25) is 14.4 Å². The van der Waals surface area contributed by atoms with Gasteiger partial charge < -0.3 is 4.74 Å². The molecular weight excluding hydrogens is 356 g/mol. The first-order chi connectivity index (χ1) is 12.8. The zero-order chi connectivity index (χ0) is 21.4. The van der Waals surface area contributed by atoms with Gasteiger partial charge in [-0.15, -0.1) is 0 Å². The molecule has 6 nitrogen and oxygen atoms in total. The number of nitriles is 1. The fourth-order valence-electron chi connectivity index (χ4n) is 3.38. The predicted molar refractivity (Wildman–Crippen MR) is 106 cm³/mol. The van der Waals surface area contributed by atoms with Gasteiger partial charge in [0.05, 0.1) is 17.1 Å². The lowest BCUT2D eigenvalue weighted by Gasteiger charge is -2.32. The molecule has 0 saturated carbocycles. The van der Waals surface area contributed by atoms with Gasteiger partial charge in [0.2, 0.25) is 0 Å². The van der Waals surface area contributed by atoms with Crippen LogP contribution >= 0.6 is 0 Å². The number of nitrogens with zero attached hydrogens (tertiary/aromatic N) is 2. The molecule has 150 valence electrons. The number of esters is 1. The number of carbonyl (C=O) groups excluding carboxylic acids is 2. The Balaban J connectivity index is 2.73. The van der Waals surface area contributed by atoms with Gasteiger partial charge in [0.1, 0.15) is 11.3 Å². The van der Waals surface area contributed by atoms with Crippen LogP contribution in [0.3, 0.4) is 0 Å². The summed E-state index contributed by atoms with van der Waals surface area (Å²) < 4.78 is 5.79. The van der Waals surface area contributed by atoms with Gasteiger partial charge in [-0.1, -0.05) is 17.7 Å². The number of hydroxylamine groups is 2. The van der Waals surface area contributed by atoms with Gasteiger partial charge in [0.15, 0.2) is 6.61 Å². The lowest BCUT2D eigenvalue weighted by atomic mass is 9.91. The second-order valence-electron chi connectivity index (χ2n) is 8.71. The largest absolute Gasteiger partial charge is 0.427 e. The molecule has 0 N–H and O–H groups in total. The lowest BCUT2D eigenvalue weighted by Crippen LogP contribution is -2.44. The van der Waals surface area contributed by atoms with Crippen LogP contribution in [0.1, 0.15) is 56.9 Å². The fraction of sp³-hybridized carbons (Fsp3) is 0.500. The summed E-state index contributed by atoms with van der Waals surface area (Å²) in [6, 6.07) is 5.84. The average Bonchev–Trinajstić information content (AvgIpc) is 2.71. The summed E-state index contributed by atoms with van der Waals surface area (Å²) in [5, 5.41) is 10.0. The first kappa shape index (κ1) is 21.6. The Morgan fingerprint density at radius 3 is 2.18 bits per heavy atom. The van der Waals surface area contributed by atoms with E-state index in [0.29, 0.717) is 5.57 Å². The van der Waals surface area contributed by atoms with Crippen molar-refractivity contribution in [1.82, 2.24) is 5.06 Å². The summed E-state index contributed by atoms with van der Waals surface area (Å²) in [7, 11) is 0. The van der Waals surface area contributed by atoms with Crippen LogP contribution in [0.15, 0.2) is 17.9 Å². The minimum absolute atomic E-state index is 0.241. The Labute approximate surface area is 166 Å². The second kappa shape index (κ2) is 7.40.